The molecule has 0 atom stereocenters. The van der Waals surface area contributed by atoms with Crippen LogP contribution >= 0.6 is 11.6 Å². The highest BCUT2D eigenvalue weighted by molar-refractivity contribution is 6.31. The van der Waals surface area contributed by atoms with Crippen molar-refractivity contribution >= 4 is 34.2 Å². The molecule has 2 aromatic carbocycles. The van der Waals surface area contributed by atoms with Crippen LogP contribution in [0.2, 0.25) is 5.02 Å². The van der Waals surface area contributed by atoms with Crippen molar-refractivity contribution in [3.8, 4) is 0 Å². The van der Waals surface area contributed by atoms with Crippen LogP contribution < -0.4 is 22.3 Å². The second-order valence-electron chi connectivity index (χ2n) is 5.35. The van der Waals surface area contributed by atoms with Crippen LogP contribution in [0.4, 0.5) is 5.69 Å². The van der Waals surface area contributed by atoms with Gasteiger partial charge in [-0.2, -0.15) is 0 Å². The van der Waals surface area contributed by atoms with Gasteiger partial charge in [0.1, 0.15) is 0 Å². The molecule has 6 heteroatoms. The van der Waals surface area contributed by atoms with Crippen LogP contribution in [-0.4, -0.2) is 10.5 Å². The molecule has 0 fully saturated rings. The minimum Gasteiger partial charge on any atom is -1.00 e. The van der Waals surface area contributed by atoms with Gasteiger partial charge in [-0.15, -0.1) is 0 Å². The van der Waals surface area contributed by atoms with Gasteiger partial charge in [0.05, 0.1) is 7.05 Å². The molecule has 1 heterocycles. The van der Waals surface area contributed by atoms with Gasteiger partial charge >= 0.3 is 0 Å². The molecule has 0 radical (unpaired) electrons. The maximum atomic E-state index is 12.3. The predicted octanol–water partition coefficient (Wildman–Crippen LogP) is 0.0703. The zero-order valence-electron chi connectivity index (χ0n) is 12.9. The molecular weight excluding hydrogens is 333 g/mol. The lowest BCUT2D eigenvalue weighted by molar-refractivity contribution is -0.645. The van der Waals surface area contributed by atoms with Gasteiger partial charge in [-0.25, -0.2) is 9.13 Å². The molecule has 4 nitrogen and oxygen atoms in total. The summed E-state index contributed by atoms with van der Waals surface area (Å²) in [6.45, 7) is 2.20. The monoisotopic (exact) mass is 349 g/mol. The van der Waals surface area contributed by atoms with Crippen molar-refractivity contribution in [3.63, 3.8) is 0 Å². The Labute approximate surface area is 146 Å². The molecule has 0 aliphatic heterocycles. The maximum absolute atomic E-state index is 12.3. The summed E-state index contributed by atoms with van der Waals surface area (Å²) in [5, 5.41) is 3.53. The minimum atomic E-state index is -0.0771. The Bertz CT molecular complexity index is 858. The van der Waals surface area contributed by atoms with Crippen molar-refractivity contribution in [2.75, 3.05) is 5.32 Å². The molecular formula is C17H17Cl2N3O. The molecule has 3 aromatic rings. The van der Waals surface area contributed by atoms with Crippen LogP contribution in [0.5, 0.6) is 0 Å². The quantitative estimate of drug-likeness (QED) is 0.667. The SMILES string of the molecule is Cc1ccc(Cl)cc1NC(=O)Cn1c[n+](C)c2ccccc21.[Cl-]. The van der Waals surface area contributed by atoms with Crippen LogP contribution in [0, 0.1) is 6.92 Å². The summed E-state index contributed by atoms with van der Waals surface area (Å²) < 4.78 is 3.94. The van der Waals surface area contributed by atoms with Gasteiger partial charge in [-0.3, -0.25) is 4.79 Å². The number of carbonyl (C=O) groups is 1. The topological polar surface area (TPSA) is 37.9 Å². The molecule has 0 aliphatic rings. The largest absolute Gasteiger partial charge is 1.00 e. The van der Waals surface area contributed by atoms with E-state index in [0.717, 1.165) is 22.3 Å². The first kappa shape index (κ1) is 17.3. The summed E-state index contributed by atoms with van der Waals surface area (Å²) >= 11 is 5.98. The van der Waals surface area contributed by atoms with E-state index in [-0.39, 0.29) is 24.9 Å². The van der Waals surface area contributed by atoms with E-state index in [9.17, 15) is 4.79 Å². The molecule has 23 heavy (non-hydrogen) atoms. The number of anilines is 1. The summed E-state index contributed by atoms with van der Waals surface area (Å²) in [4.78, 5) is 12.3. The number of fused-ring (bicyclic) bond motifs is 1. The Hall–Kier alpha value is -2.04. The first-order valence-electron chi connectivity index (χ1n) is 7.04. The lowest BCUT2D eigenvalue weighted by Gasteiger charge is -2.07. The van der Waals surface area contributed by atoms with Gasteiger partial charge < -0.3 is 17.7 Å². The number of para-hydroxylation sites is 2. The molecule has 0 unspecified atom stereocenters. The first-order chi connectivity index (χ1) is 10.5. The third-order valence-electron chi connectivity index (χ3n) is 3.67. The molecule has 0 saturated carbocycles. The standard InChI is InChI=1S/C17H16ClN3O.ClH/c1-12-7-8-13(18)9-14(12)19-17(22)10-21-11-20(2)15-5-3-4-6-16(15)21;/h3-9,11H,10H2,1-2H3;1H. The van der Waals surface area contributed by atoms with E-state index in [1.807, 2.05) is 65.8 Å². The zero-order chi connectivity index (χ0) is 15.7. The van der Waals surface area contributed by atoms with Gasteiger partial charge in [-0.05, 0) is 36.8 Å². The number of aryl methyl sites for hydroxylation is 2. The number of hydrogen-bond acceptors (Lipinski definition) is 1. The van der Waals surface area contributed by atoms with Crippen LogP contribution in [0.25, 0.3) is 11.0 Å². The Kier molecular flexibility index (Phi) is 5.29. The van der Waals surface area contributed by atoms with Gasteiger partial charge in [0.15, 0.2) is 17.6 Å². The number of rotatable bonds is 3. The third kappa shape index (κ3) is 3.66. The molecule has 0 aliphatic carbocycles. The van der Waals surface area contributed by atoms with E-state index >= 15 is 0 Å². The summed E-state index contributed by atoms with van der Waals surface area (Å²) in [7, 11) is 1.97. The highest BCUT2D eigenvalue weighted by Gasteiger charge is 2.16. The highest BCUT2D eigenvalue weighted by Crippen LogP contribution is 2.20. The average Bonchev–Trinajstić information content (AvgIpc) is 2.80. The second-order valence-corrected chi connectivity index (χ2v) is 5.79. The number of hydrogen-bond donors (Lipinski definition) is 1. The van der Waals surface area contributed by atoms with Crippen LogP contribution in [-0.2, 0) is 18.4 Å². The number of nitrogens with zero attached hydrogens (tertiary/aromatic N) is 2. The van der Waals surface area contributed by atoms with Gasteiger partial charge in [0, 0.05) is 10.7 Å². The summed E-state index contributed by atoms with van der Waals surface area (Å²) in [6.07, 6.45) is 1.93. The lowest BCUT2D eigenvalue weighted by atomic mass is 10.2. The molecule has 0 bridgehead atoms. The zero-order valence-corrected chi connectivity index (χ0v) is 14.4. The van der Waals surface area contributed by atoms with Crippen LogP contribution in [0.3, 0.4) is 0 Å². The first-order valence-corrected chi connectivity index (χ1v) is 7.42. The number of nitrogens with one attached hydrogen (secondary N) is 1. The van der Waals surface area contributed by atoms with E-state index in [1.165, 1.54) is 0 Å². The lowest BCUT2D eigenvalue weighted by Crippen LogP contribution is -3.00. The smallest absolute Gasteiger partial charge is 0.266 e. The number of aromatic nitrogens is 2. The molecule has 1 N–H and O–H groups in total. The number of amides is 1. The fraction of sp³-hybridized carbons (Fsp3) is 0.176. The normalized spacial score (nSPS) is 10.4. The summed E-state index contributed by atoms with van der Waals surface area (Å²) in [6, 6.07) is 13.5. The Balaban J connectivity index is 0.00000192. The van der Waals surface area contributed by atoms with E-state index in [1.54, 1.807) is 6.07 Å². The fourth-order valence-electron chi connectivity index (χ4n) is 2.54. The highest BCUT2D eigenvalue weighted by atomic mass is 35.5. The van der Waals surface area contributed by atoms with Crippen molar-refractivity contribution in [2.24, 2.45) is 7.05 Å². The number of carbonyl (C=O) groups excluding carboxylic acids is 1. The number of benzene rings is 2. The second kappa shape index (κ2) is 7.02. The molecule has 120 valence electrons. The van der Waals surface area contributed by atoms with Crippen molar-refractivity contribution in [1.82, 2.24) is 4.57 Å². The predicted molar refractivity (Wildman–Crippen MR) is 87.9 cm³/mol. The van der Waals surface area contributed by atoms with E-state index < -0.39 is 0 Å². The van der Waals surface area contributed by atoms with E-state index in [2.05, 4.69) is 5.32 Å². The Morgan fingerprint density at radius 3 is 2.78 bits per heavy atom. The third-order valence-corrected chi connectivity index (χ3v) is 3.91. The number of halogens is 2. The maximum Gasteiger partial charge on any atom is 0.266 e. The average molecular weight is 350 g/mol. The van der Waals surface area contributed by atoms with Crippen molar-refractivity contribution in [3.05, 3.63) is 59.4 Å². The number of imidazole rings is 1. The summed E-state index contributed by atoms with van der Waals surface area (Å²) in [5.74, 6) is -0.0771. The molecule has 1 amide bonds. The molecule has 3 rings (SSSR count). The molecule has 0 saturated heterocycles. The van der Waals surface area contributed by atoms with Crippen LogP contribution in [0.1, 0.15) is 5.56 Å². The van der Waals surface area contributed by atoms with Gasteiger partial charge in [0.25, 0.3) is 5.91 Å². The Morgan fingerprint density at radius 2 is 2.00 bits per heavy atom. The fourth-order valence-corrected chi connectivity index (χ4v) is 2.71. The molecule has 0 spiro atoms. The van der Waals surface area contributed by atoms with E-state index in [0.29, 0.717) is 5.02 Å². The van der Waals surface area contributed by atoms with Gasteiger partial charge in [-0.1, -0.05) is 29.8 Å². The van der Waals surface area contributed by atoms with Crippen molar-refractivity contribution < 1.29 is 21.8 Å². The molecule has 1 aromatic heterocycles. The minimum absolute atomic E-state index is 0. The van der Waals surface area contributed by atoms with Crippen molar-refractivity contribution in [1.29, 1.82) is 0 Å². The van der Waals surface area contributed by atoms with Crippen LogP contribution in [0.15, 0.2) is 48.8 Å². The van der Waals surface area contributed by atoms with Crippen molar-refractivity contribution in [2.45, 2.75) is 13.5 Å². The Morgan fingerprint density at radius 1 is 1.26 bits per heavy atom. The van der Waals surface area contributed by atoms with E-state index in [4.69, 9.17) is 11.6 Å². The van der Waals surface area contributed by atoms with Gasteiger partial charge in [0.2, 0.25) is 6.33 Å². The summed E-state index contributed by atoms with van der Waals surface area (Å²) in [5.41, 5.74) is 3.86.